The Morgan fingerprint density at radius 3 is 2.50 bits per heavy atom. The van der Waals surface area contributed by atoms with Crippen LogP contribution in [0.1, 0.15) is 38.4 Å². The van der Waals surface area contributed by atoms with Crippen LogP contribution in [0.3, 0.4) is 0 Å². The minimum atomic E-state index is -0.503. The van der Waals surface area contributed by atoms with E-state index in [-0.39, 0.29) is 5.54 Å². The van der Waals surface area contributed by atoms with Gasteiger partial charge in [-0.2, -0.15) is 0 Å². The molecule has 0 bridgehead atoms. The molecule has 108 valence electrons. The summed E-state index contributed by atoms with van der Waals surface area (Å²) in [5.41, 5.74) is 1.70. The number of aliphatic hydroxyl groups excluding tert-OH is 1. The molecule has 1 N–H and O–H groups in total. The van der Waals surface area contributed by atoms with Crippen LogP contribution in [-0.4, -0.2) is 34.6 Å². The van der Waals surface area contributed by atoms with E-state index < -0.39 is 6.10 Å². The van der Waals surface area contributed by atoms with Gasteiger partial charge in [-0.15, -0.1) is 0 Å². The van der Waals surface area contributed by atoms with Crippen molar-refractivity contribution in [3.63, 3.8) is 0 Å². The lowest BCUT2D eigenvalue weighted by molar-refractivity contribution is -0.0148. The Morgan fingerprint density at radius 1 is 1.20 bits per heavy atom. The van der Waals surface area contributed by atoms with Gasteiger partial charge in [0.1, 0.15) is 0 Å². The summed E-state index contributed by atoms with van der Waals surface area (Å²) >= 11 is 0. The summed E-state index contributed by atoms with van der Waals surface area (Å²) in [6.07, 6.45) is 3.10. The largest absolute Gasteiger partial charge is 0.386 e. The van der Waals surface area contributed by atoms with Crippen LogP contribution in [-0.2, 0) is 0 Å². The fourth-order valence-corrected chi connectivity index (χ4v) is 3.09. The van der Waals surface area contributed by atoms with Gasteiger partial charge in [-0.05, 0) is 50.7 Å². The molecule has 0 radical (unpaired) electrons. The van der Waals surface area contributed by atoms with E-state index in [2.05, 4.69) is 29.8 Å². The van der Waals surface area contributed by atoms with Crippen LogP contribution in [0, 0.1) is 0 Å². The highest BCUT2D eigenvalue weighted by molar-refractivity contribution is 5.79. The average molecular weight is 272 g/mol. The van der Waals surface area contributed by atoms with Gasteiger partial charge in [0.05, 0.1) is 11.6 Å². The maximum Gasteiger partial charge on any atom is 0.0973 e. The van der Waals surface area contributed by atoms with Crippen molar-refractivity contribution in [2.24, 2.45) is 0 Å². The number of pyridine rings is 1. The van der Waals surface area contributed by atoms with E-state index in [0.29, 0.717) is 0 Å². The number of nitrogens with zero attached hydrogens (tertiary/aromatic N) is 2. The quantitative estimate of drug-likeness (QED) is 0.906. The number of fused-ring (bicyclic) bond motifs is 1. The molecule has 1 aromatic heterocycles. The molecule has 0 aliphatic rings. The third kappa shape index (κ3) is 2.43. The highest BCUT2D eigenvalue weighted by Gasteiger charge is 2.37. The van der Waals surface area contributed by atoms with E-state index >= 15 is 0 Å². The molecule has 0 amide bonds. The molecule has 2 rings (SSSR count). The summed E-state index contributed by atoms with van der Waals surface area (Å²) in [4.78, 5) is 6.47. The van der Waals surface area contributed by atoms with Crippen molar-refractivity contribution in [1.82, 2.24) is 9.88 Å². The highest BCUT2D eigenvalue weighted by Crippen LogP contribution is 2.36. The zero-order valence-electron chi connectivity index (χ0n) is 12.8. The molecule has 1 aromatic carbocycles. The SMILES string of the molecule is CCC(CC)(C(O)c1ccc2ncccc2c1)N(C)C. The van der Waals surface area contributed by atoms with E-state index in [4.69, 9.17) is 0 Å². The summed E-state index contributed by atoms with van der Waals surface area (Å²) in [5.74, 6) is 0. The number of aliphatic hydroxyl groups is 1. The lowest BCUT2D eigenvalue weighted by Crippen LogP contribution is -2.48. The Kier molecular flexibility index (Phi) is 4.41. The van der Waals surface area contributed by atoms with Gasteiger partial charge >= 0.3 is 0 Å². The van der Waals surface area contributed by atoms with Crippen molar-refractivity contribution >= 4 is 10.9 Å². The van der Waals surface area contributed by atoms with Crippen LogP contribution >= 0.6 is 0 Å². The topological polar surface area (TPSA) is 36.4 Å². The Bertz CT molecular complexity index is 576. The van der Waals surface area contributed by atoms with E-state index in [9.17, 15) is 5.11 Å². The first-order chi connectivity index (χ1) is 9.55. The van der Waals surface area contributed by atoms with Crippen LogP contribution in [0.5, 0.6) is 0 Å². The summed E-state index contributed by atoms with van der Waals surface area (Å²) in [7, 11) is 4.08. The number of aromatic nitrogens is 1. The van der Waals surface area contributed by atoms with Gasteiger partial charge < -0.3 is 10.0 Å². The monoisotopic (exact) mass is 272 g/mol. The normalized spacial score (nSPS) is 13.9. The van der Waals surface area contributed by atoms with Gasteiger partial charge in [-0.25, -0.2) is 0 Å². The highest BCUT2D eigenvalue weighted by atomic mass is 16.3. The van der Waals surface area contributed by atoms with Gasteiger partial charge in [0.15, 0.2) is 0 Å². The second kappa shape index (κ2) is 5.90. The zero-order valence-corrected chi connectivity index (χ0v) is 12.8. The van der Waals surface area contributed by atoms with Gasteiger partial charge in [-0.3, -0.25) is 4.98 Å². The standard InChI is InChI=1S/C17H24N2O/c1-5-17(6-2,19(3)4)16(20)14-9-10-15-13(12-14)8-7-11-18-15/h7-12,16,20H,5-6H2,1-4H3. The van der Waals surface area contributed by atoms with Gasteiger partial charge in [0, 0.05) is 17.1 Å². The minimum Gasteiger partial charge on any atom is -0.386 e. The molecule has 1 heterocycles. The second-order valence-corrected chi connectivity index (χ2v) is 5.56. The number of rotatable bonds is 5. The van der Waals surface area contributed by atoms with Crippen LogP contribution in [0.4, 0.5) is 0 Å². The average Bonchev–Trinajstić information content (AvgIpc) is 2.48. The summed E-state index contributed by atoms with van der Waals surface area (Å²) < 4.78 is 0. The lowest BCUT2D eigenvalue weighted by atomic mass is 9.81. The van der Waals surface area contributed by atoms with Crippen LogP contribution in [0.2, 0.25) is 0 Å². The molecule has 1 atom stereocenters. The summed E-state index contributed by atoms with van der Waals surface area (Å²) in [5, 5.41) is 12.0. The van der Waals surface area contributed by atoms with E-state index in [1.54, 1.807) is 6.20 Å². The first kappa shape index (κ1) is 14.9. The third-order valence-electron chi connectivity index (χ3n) is 4.57. The fourth-order valence-electron chi connectivity index (χ4n) is 3.09. The van der Waals surface area contributed by atoms with Crippen molar-refractivity contribution in [2.45, 2.75) is 38.3 Å². The molecule has 0 aliphatic carbocycles. The Hall–Kier alpha value is -1.45. The Labute approximate surface area is 121 Å². The molecule has 20 heavy (non-hydrogen) atoms. The summed E-state index contributed by atoms with van der Waals surface area (Å²) in [6.45, 7) is 4.27. The van der Waals surface area contributed by atoms with Crippen molar-refractivity contribution in [3.8, 4) is 0 Å². The van der Waals surface area contributed by atoms with Crippen LogP contribution < -0.4 is 0 Å². The third-order valence-corrected chi connectivity index (χ3v) is 4.57. The van der Waals surface area contributed by atoms with Gasteiger partial charge in [-0.1, -0.05) is 26.0 Å². The number of hydrogen-bond acceptors (Lipinski definition) is 3. The van der Waals surface area contributed by atoms with Crippen molar-refractivity contribution in [3.05, 3.63) is 42.1 Å². The van der Waals surface area contributed by atoms with Crippen LogP contribution in [0.25, 0.3) is 10.9 Å². The van der Waals surface area contributed by atoms with E-state index in [1.807, 2.05) is 38.4 Å². The second-order valence-electron chi connectivity index (χ2n) is 5.56. The molecule has 0 saturated carbocycles. The number of likely N-dealkylation sites (N-methyl/N-ethyl adjacent to an activating group) is 1. The van der Waals surface area contributed by atoms with Gasteiger partial charge in [0.2, 0.25) is 0 Å². The van der Waals surface area contributed by atoms with Crippen LogP contribution in [0.15, 0.2) is 36.5 Å². The number of benzene rings is 1. The maximum atomic E-state index is 10.9. The number of hydrogen-bond donors (Lipinski definition) is 1. The molecule has 0 saturated heterocycles. The zero-order chi connectivity index (χ0) is 14.8. The lowest BCUT2D eigenvalue weighted by Gasteiger charge is -2.42. The molecule has 3 nitrogen and oxygen atoms in total. The van der Waals surface area contributed by atoms with E-state index in [0.717, 1.165) is 29.3 Å². The molecule has 0 spiro atoms. The molecule has 2 aromatic rings. The van der Waals surface area contributed by atoms with E-state index in [1.165, 1.54) is 0 Å². The smallest absolute Gasteiger partial charge is 0.0973 e. The first-order valence-electron chi connectivity index (χ1n) is 7.25. The summed E-state index contributed by atoms with van der Waals surface area (Å²) in [6, 6.07) is 9.99. The molecule has 0 aliphatic heterocycles. The predicted molar refractivity (Wildman–Crippen MR) is 83.7 cm³/mol. The fraction of sp³-hybridized carbons (Fsp3) is 0.471. The Balaban J connectivity index is 2.46. The van der Waals surface area contributed by atoms with Gasteiger partial charge in [0.25, 0.3) is 0 Å². The van der Waals surface area contributed by atoms with Crippen molar-refractivity contribution < 1.29 is 5.11 Å². The molecule has 3 heteroatoms. The first-order valence-corrected chi connectivity index (χ1v) is 7.25. The Morgan fingerprint density at radius 2 is 1.90 bits per heavy atom. The molecule has 1 unspecified atom stereocenters. The molecular formula is C17H24N2O. The molecular weight excluding hydrogens is 248 g/mol. The minimum absolute atomic E-state index is 0.226. The molecule has 0 fully saturated rings. The van der Waals surface area contributed by atoms with Crippen molar-refractivity contribution in [1.29, 1.82) is 0 Å². The maximum absolute atomic E-state index is 10.9. The predicted octanol–water partition coefficient (Wildman–Crippen LogP) is 3.39. The van der Waals surface area contributed by atoms with Crippen molar-refractivity contribution in [2.75, 3.05) is 14.1 Å².